The van der Waals surface area contributed by atoms with Gasteiger partial charge in [0.1, 0.15) is 5.76 Å². The SMILES string of the molecule is Cc1cc(N2CCCC2)ccc1NCc1ccc(Cl)o1. The number of nitrogens with zero attached hydrogens (tertiary/aromatic N) is 1. The highest BCUT2D eigenvalue weighted by Gasteiger charge is 2.13. The van der Waals surface area contributed by atoms with Crippen molar-refractivity contribution >= 4 is 23.0 Å². The van der Waals surface area contributed by atoms with E-state index in [1.54, 1.807) is 6.07 Å². The third kappa shape index (κ3) is 2.93. The molecular formula is C16H19ClN2O. The first-order valence-corrected chi connectivity index (χ1v) is 7.44. The molecule has 0 amide bonds. The van der Waals surface area contributed by atoms with Crippen molar-refractivity contribution in [1.29, 1.82) is 0 Å². The Morgan fingerprint density at radius 3 is 2.65 bits per heavy atom. The number of nitrogens with one attached hydrogen (secondary N) is 1. The van der Waals surface area contributed by atoms with Gasteiger partial charge in [-0.3, -0.25) is 0 Å². The molecule has 0 unspecified atom stereocenters. The van der Waals surface area contributed by atoms with Crippen molar-refractivity contribution in [3.8, 4) is 0 Å². The Morgan fingerprint density at radius 1 is 1.20 bits per heavy atom. The molecule has 1 aromatic carbocycles. The largest absolute Gasteiger partial charge is 0.448 e. The van der Waals surface area contributed by atoms with Crippen LogP contribution < -0.4 is 10.2 Å². The summed E-state index contributed by atoms with van der Waals surface area (Å²) < 4.78 is 5.34. The third-order valence-corrected chi connectivity index (χ3v) is 3.97. The van der Waals surface area contributed by atoms with Crippen LogP contribution in [0.4, 0.5) is 11.4 Å². The van der Waals surface area contributed by atoms with Gasteiger partial charge in [0, 0.05) is 24.5 Å². The van der Waals surface area contributed by atoms with Crippen molar-refractivity contribution in [1.82, 2.24) is 0 Å². The first-order valence-electron chi connectivity index (χ1n) is 7.06. The molecule has 4 heteroatoms. The lowest BCUT2D eigenvalue weighted by Crippen LogP contribution is -2.17. The van der Waals surface area contributed by atoms with Gasteiger partial charge in [-0.15, -0.1) is 0 Å². The number of aryl methyl sites for hydroxylation is 1. The normalized spacial score (nSPS) is 14.8. The summed E-state index contributed by atoms with van der Waals surface area (Å²) in [5, 5.41) is 3.82. The van der Waals surface area contributed by atoms with E-state index in [0.29, 0.717) is 11.8 Å². The van der Waals surface area contributed by atoms with E-state index in [2.05, 4.69) is 35.3 Å². The molecule has 3 rings (SSSR count). The minimum atomic E-state index is 0.433. The molecule has 1 saturated heterocycles. The van der Waals surface area contributed by atoms with Crippen molar-refractivity contribution in [2.24, 2.45) is 0 Å². The molecule has 1 aliphatic rings. The second-order valence-corrected chi connectivity index (χ2v) is 5.63. The smallest absolute Gasteiger partial charge is 0.193 e. The minimum Gasteiger partial charge on any atom is -0.448 e. The van der Waals surface area contributed by atoms with Gasteiger partial charge >= 0.3 is 0 Å². The lowest BCUT2D eigenvalue weighted by Gasteiger charge is -2.19. The number of benzene rings is 1. The highest BCUT2D eigenvalue weighted by atomic mass is 35.5. The van der Waals surface area contributed by atoms with Crippen LogP contribution >= 0.6 is 11.6 Å². The standard InChI is InChI=1S/C16H19ClN2O/c1-12-10-13(19-8-2-3-9-19)4-6-15(12)18-11-14-5-7-16(17)20-14/h4-7,10,18H,2-3,8-9,11H2,1H3. The first-order chi connectivity index (χ1) is 9.72. The number of rotatable bonds is 4. The lowest BCUT2D eigenvalue weighted by molar-refractivity contribution is 0.520. The fourth-order valence-corrected chi connectivity index (χ4v) is 2.81. The summed E-state index contributed by atoms with van der Waals surface area (Å²) in [6.45, 7) is 5.14. The van der Waals surface area contributed by atoms with E-state index < -0.39 is 0 Å². The van der Waals surface area contributed by atoms with Gasteiger partial charge in [-0.2, -0.15) is 0 Å². The third-order valence-electron chi connectivity index (χ3n) is 3.76. The number of anilines is 2. The average Bonchev–Trinajstić information content (AvgIpc) is 3.08. The summed E-state index contributed by atoms with van der Waals surface area (Å²) in [5.41, 5.74) is 3.72. The Kier molecular flexibility index (Phi) is 3.88. The zero-order valence-electron chi connectivity index (χ0n) is 11.7. The Morgan fingerprint density at radius 2 is 2.00 bits per heavy atom. The van der Waals surface area contributed by atoms with Crippen LogP contribution in [0.5, 0.6) is 0 Å². The van der Waals surface area contributed by atoms with Crippen molar-refractivity contribution in [3.63, 3.8) is 0 Å². The molecular weight excluding hydrogens is 272 g/mol. The second-order valence-electron chi connectivity index (χ2n) is 5.25. The molecule has 2 aromatic rings. The topological polar surface area (TPSA) is 28.4 Å². The summed E-state index contributed by atoms with van der Waals surface area (Å²) in [5.74, 6) is 0.845. The molecule has 0 bridgehead atoms. The molecule has 3 nitrogen and oxygen atoms in total. The summed E-state index contributed by atoms with van der Waals surface area (Å²) in [7, 11) is 0. The van der Waals surface area contributed by atoms with E-state index >= 15 is 0 Å². The monoisotopic (exact) mass is 290 g/mol. The molecule has 20 heavy (non-hydrogen) atoms. The van der Waals surface area contributed by atoms with Gasteiger partial charge < -0.3 is 14.6 Å². The van der Waals surface area contributed by atoms with Crippen LogP contribution in [0.3, 0.4) is 0 Å². The number of furan rings is 1. The van der Waals surface area contributed by atoms with E-state index in [1.165, 1.54) is 37.2 Å². The lowest BCUT2D eigenvalue weighted by atomic mass is 10.1. The summed E-state index contributed by atoms with van der Waals surface area (Å²) in [6, 6.07) is 10.2. The van der Waals surface area contributed by atoms with Crippen LogP contribution in [0.15, 0.2) is 34.7 Å². The number of halogens is 1. The Labute approximate surface area is 124 Å². The van der Waals surface area contributed by atoms with Crippen molar-refractivity contribution in [2.75, 3.05) is 23.3 Å². The predicted molar refractivity (Wildman–Crippen MR) is 83.7 cm³/mol. The van der Waals surface area contributed by atoms with Crippen LogP contribution in [0.2, 0.25) is 5.22 Å². The summed E-state index contributed by atoms with van der Waals surface area (Å²) >= 11 is 5.77. The van der Waals surface area contributed by atoms with Gasteiger partial charge in [-0.25, -0.2) is 0 Å². The molecule has 2 heterocycles. The van der Waals surface area contributed by atoms with E-state index in [-0.39, 0.29) is 0 Å². The van der Waals surface area contributed by atoms with E-state index in [0.717, 1.165) is 11.4 Å². The number of hydrogen-bond acceptors (Lipinski definition) is 3. The van der Waals surface area contributed by atoms with Crippen molar-refractivity contribution < 1.29 is 4.42 Å². The van der Waals surface area contributed by atoms with Crippen LogP contribution in [0.1, 0.15) is 24.2 Å². The quantitative estimate of drug-likeness (QED) is 0.901. The minimum absolute atomic E-state index is 0.433. The van der Waals surface area contributed by atoms with Crippen LogP contribution in [0, 0.1) is 6.92 Å². The van der Waals surface area contributed by atoms with Crippen molar-refractivity contribution in [3.05, 3.63) is 46.9 Å². The Hall–Kier alpha value is -1.61. The first kappa shape index (κ1) is 13.4. The molecule has 1 aromatic heterocycles. The molecule has 1 N–H and O–H groups in total. The fourth-order valence-electron chi connectivity index (χ4n) is 2.65. The van der Waals surface area contributed by atoms with E-state index in [9.17, 15) is 0 Å². The summed E-state index contributed by atoms with van der Waals surface area (Å²) in [4.78, 5) is 2.45. The number of hydrogen-bond donors (Lipinski definition) is 1. The summed E-state index contributed by atoms with van der Waals surface area (Å²) in [6.07, 6.45) is 2.61. The van der Waals surface area contributed by atoms with Gasteiger partial charge in [0.05, 0.1) is 6.54 Å². The van der Waals surface area contributed by atoms with Crippen LogP contribution in [-0.2, 0) is 6.54 Å². The highest BCUT2D eigenvalue weighted by molar-refractivity contribution is 6.28. The fraction of sp³-hybridized carbons (Fsp3) is 0.375. The van der Waals surface area contributed by atoms with Gasteiger partial charge in [0.25, 0.3) is 0 Å². The van der Waals surface area contributed by atoms with Crippen molar-refractivity contribution in [2.45, 2.75) is 26.3 Å². The Balaban J connectivity index is 1.67. The molecule has 1 fully saturated rings. The molecule has 0 spiro atoms. The van der Waals surface area contributed by atoms with Gasteiger partial charge in [0.15, 0.2) is 5.22 Å². The van der Waals surface area contributed by atoms with Gasteiger partial charge in [0.2, 0.25) is 0 Å². The molecule has 0 saturated carbocycles. The second kappa shape index (κ2) is 5.80. The highest BCUT2D eigenvalue weighted by Crippen LogP contribution is 2.26. The van der Waals surface area contributed by atoms with Gasteiger partial charge in [-0.05, 0) is 67.3 Å². The maximum atomic E-state index is 5.77. The van der Waals surface area contributed by atoms with Gasteiger partial charge in [-0.1, -0.05) is 0 Å². The maximum absolute atomic E-state index is 5.77. The Bertz CT molecular complexity index is 588. The van der Waals surface area contributed by atoms with E-state index in [1.807, 2.05) is 6.07 Å². The average molecular weight is 291 g/mol. The molecule has 0 radical (unpaired) electrons. The zero-order chi connectivity index (χ0) is 13.9. The molecule has 106 valence electrons. The molecule has 0 aliphatic carbocycles. The zero-order valence-corrected chi connectivity index (χ0v) is 12.4. The molecule has 1 aliphatic heterocycles. The maximum Gasteiger partial charge on any atom is 0.193 e. The van der Waals surface area contributed by atoms with Crippen LogP contribution in [-0.4, -0.2) is 13.1 Å². The molecule has 0 atom stereocenters. The van der Waals surface area contributed by atoms with E-state index in [4.69, 9.17) is 16.0 Å². The predicted octanol–water partition coefficient (Wildman–Crippen LogP) is 4.45. The van der Waals surface area contributed by atoms with Crippen LogP contribution in [0.25, 0.3) is 0 Å².